The molecule has 0 spiro atoms. The quantitative estimate of drug-likeness (QED) is 0.682. The molecule has 2 fully saturated rings. The summed E-state index contributed by atoms with van der Waals surface area (Å²) >= 11 is 0. The van der Waals surface area contributed by atoms with E-state index in [1.165, 1.54) is 12.7 Å². The van der Waals surface area contributed by atoms with Crippen molar-refractivity contribution in [2.45, 2.75) is 12.5 Å². The molecular formula is C9H18N2O2S. The molecule has 2 atom stereocenters. The molecule has 2 aliphatic rings. The minimum absolute atomic E-state index is 0.298. The second kappa shape index (κ2) is 3.79. The van der Waals surface area contributed by atoms with Gasteiger partial charge in [-0.3, -0.25) is 0 Å². The number of hydrogen-bond donors (Lipinski definition) is 1. The lowest BCUT2D eigenvalue weighted by Gasteiger charge is -2.15. The minimum atomic E-state index is -2.80. The highest BCUT2D eigenvalue weighted by atomic mass is 32.2. The molecule has 2 heterocycles. The molecule has 0 aromatic carbocycles. The van der Waals surface area contributed by atoms with E-state index in [1.54, 1.807) is 0 Å². The SMILES string of the molecule is CS(=O)(=O)CCN1CC2CCNC2C1. The molecule has 2 rings (SSSR count). The monoisotopic (exact) mass is 218 g/mol. The Labute approximate surface area is 85.6 Å². The summed E-state index contributed by atoms with van der Waals surface area (Å²) in [7, 11) is -2.80. The van der Waals surface area contributed by atoms with Gasteiger partial charge in [-0.1, -0.05) is 0 Å². The zero-order chi connectivity index (χ0) is 10.2. The van der Waals surface area contributed by atoms with Crippen LogP contribution in [0.5, 0.6) is 0 Å². The lowest BCUT2D eigenvalue weighted by molar-refractivity contribution is 0.332. The molecule has 82 valence electrons. The average Bonchev–Trinajstić information content (AvgIpc) is 2.56. The molecule has 2 saturated heterocycles. The Morgan fingerprint density at radius 1 is 1.43 bits per heavy atom. The van der Waals surface area contributed by atoms with Crippen LogP contribution < -0.4 is 5.32 Å². The van der Waals surface area contributed by atoms with Crippen LogP contribution in [-0.2, 0) is 9.84 Å². The third-order valence-corrected chi connectivity index (χ3v) is 4.14. The van der Waals surface area contributed by atoms with Crippen LogP contribution in [0.25, 0.3) is 0 Å². The van der Waals surface area contributed by atoms with E-state index >= 15 is 0 Å². The fourth-order valence-corrected chi connectivity index (χ4v) is 3.01. The van der Waals surface area contributed by atoms with E-state index in [4.69, 9.17) is 0 Å². The van der Waals surface area contributed by atoms with Gasteiger partial charge in [-0.25, -0.2) is 8.42 Å². The molecule has 2 unspecified atom stereocenters. The van der Waals surface area contributed by atoms with E-state index in [9.17, 15) is 8.42 Å². The highest BCUT2D eigenvalue weighted by Crippen LogP contribution is 2.24. The van der Waals surface area contributed by atoms with Crippen molar-refractivity contribution < 1.29 is 8.42 Å². The molecule has 14 heavy (non-hydrogen) atoms. The summed E-state index contributed by atoms with van der Waals surface area (Å²) in [5.41, 5.74) is 0. The number of rotatable bonds is 3. The summed E-state index contributed by atoms with van der Waals surface area (Å²) < 4.78 is 22.0. The fourth-order valence-electron chi connectivity index (χ4n) is 2.42. The highest BCUT2D eigenvalue weighted by Gasteiger charge is 2.35. The summed E-state index contributed by atoms with van der Waals surface area (Å²) in [6, 6.07) is 0.620. The van der Waals surface area contributed by atoms with Crippen molar-refractivity contribution in [1.82, 2.24) is 10.2 Å². The van der Waals surface area contributed by atoms with Gasteiger partial charge in [0, 0.05) is 31.9 Å². The number of nitrogens with one attached hydrogen (secondary N) is 1. The molecule has 0 radical (unpaired) electrons. The predicted octanol–water partition coefficient (Wildman–Crippen LogP) is -0.675. The first-order valence-electron chi connectivity index (χ1n) is 5.18. The van der Waals surface area contributed by atoms with E-state index in [0.29, 0.717) is 18.3 Å². The molecule has 5 heteroatoms. The number of hydrogen-bond acceptors (Lipinski definition) is 4. The van der Waals surface area contributed by atoms with Gasteiger partial charge >= 0.3 is 0 Å². The van der Waals surface area contributed by atoms with Gasteiger partial charge in [-0.2, -0.15) is 0 Å². The third kappa shape index (κ3) is 2.46. The Kier molecular flexibility index (Phi) is 2.81. The first-order valence-corrected chi connectivity index (χ1v) is 7.24. The van der Waals surface area contributed by atoms with E-state index in [0.717, 1.165) is 25.6 Å². The second-order valence-corrected chi connectivity index (χ2v) is 6.76. The van der Waals surface area contributed by atoms with Crippen LogP contribution in [0.15, 0.2) is 0 Å². The highest BCUT2D eigenvalue weighted by molar-refractivity contribution is 7.90. The Balaban J connectivity index is 1.80. The van der Waals surface area contributed by atoms with Crippen molar-refractivity contribution in [2.75, 3.05) is 38.2 Å². The van der Waals surface area contributed by atoms with E-state index in [1.807, 2.05) is 0 Å². The van der Waals surface area contributed by atoms with E-state index in [2.05, 4.69) is 10.2 Å². The van der Waals surface area contributed by atoms with Crippen LogP contribution in [0.1, 0.15) is 6.42 Å². The smallest absolute Gasteiger partial charge is 0.148 e. The average molecular weight is 218 g/mol. The predicted molar refractivity (Wildman–Crippen MR) is 56.0 cm³/mol. The van der Waals surface area contributed by atoms with Crippen molar-refractivity contribution in [1.29, 1.82) is 0 Å². The molecule has 0 amide bonds. The largest absolute Gasteiger partial charge is 0.312 e. The summed E-state index contributed by atoms with van der Waals surface area (Å²) in [6.45, 7) is 3.94. The minimum Gasteiger partial charge on any atom is -0.312 e. The molecule has 1 N–H and O–H groups in total. The van der Waals surface area contributed by atoms with Crippen molar-refractivity contribution in [3.63, 3.8) is 0 Å². The first kappa shape index (κ1) is 10.4. The van der Waals surface area contributed by atoms with Gasteiger partial charge in [0.25, 0.3) is 0 Å². The van der Waals surface area contributed by atoms with Crippen LogP contribution >= 0.6 is 0 Å². The van der Waals surface area contributed by atoms with Gasteiger partial charge in [0.15, 0.2) is 0 Å². The maximum absolute atomic E-state index is 11.0. The molecule has 0 bridgehead atoms. The molecule has 0 aliphatic carbocycles. The van der Waals surface area contributed by atoms with Gasteiger partial charge in [-0.05, 0) is 18.9 Å². The van der Waals surface area contributed by atoms with Crippen LogP contribution in [0, 0.1) is 5.92 Å². The second-order valence-electron chi connectivity index (χ2n) is 4.50. The fraction of sp³-hybridized carbons (Fsp3) is 1.00. The molecule has 2 aliphatic heterocycles. The van der Waals surface area contributed by atoms with Gasteiger partial charge < -0.3 is 10.2 Å². The van der Waals surface area contributed by atoms with Crippen molar-refractivity contribution >= 4 is 9.84 Å². The topological polar surface area (TPSA) is 49.4 Å². The zero-order valence-electron chi connectivity index (χ0n) is 8.57. The number of sulfone groups is 1. The molecule has 0 aromatic rings. The van der Waals surface area contributed by atoms with Gasteiger partial charge in [-0.15, -0.1) is 0 Å². The summed E-state index contributed by atoms with van der Waals surface area (Å²) in [5, 5.41) is 3.45. The van der Waals surface area contributed by atoms with Gasteiger partial charge in [0.05, 0.1) is 5.75 Å². The molecule has 4 nitrogen and oxygen atoms in total. The number of nitrogens with zero attached hydrogens (tertiary/aromatic N) is 1. The first-order chi connectivity index (χ1) is 6.54. The number of fused-ring (bicyclic) bond motifs is 1. The normalized spacial score (nSPS) is 33.5. The van der Waals surface area contributed by atoms with Crippen LogP contribution in [0.2, 0.25) is 0 Å². The number of likely N-dealkylation sites (tertiary alicyclic amines) is 1. The Hall–Kier alpha value is -0.130. The van der Waals surface area contributed by atoms with Crippen molar-refractivity contribution in [3.8, 4) is 0 Å². The van der Waals surface area contributed by atoms with Crippen LogP contribution in [-0.4, -0.2) is 57.5 Å². The van der Waals surface area contributed by atoms with Gasteiger partial charge in [0.2, 0.25) is 0 Å². The summed E-state index contributed by atoms with van der Waals surface area (Å²) in [4.78, 5) is 2.27. The van der Waals surface area contributed by atoms with Crippen molar-refractivity contribution in [2.24, 2.45) is 5.92 Å². The van der Waals surface area contributed by atoms with Crippen molar-refractivity contribution in [3.05, 3.63) is 0 Å². The Morgan fingerprint density at radius 3 is 2.86 bits per heavy atom. The molecular weight excluding hydrogens is 200 g/mol. The van der Waals surface area contributed by atoms with Gasteiger partial charge in [0.1, 0.15) is 9.84 Å². The molecule has 0 saturated carbocycles. The maximum atomic E-state index is 11.0. The van der Waals surface area contributed by atoms with Crippen LogP contribution in [0.4, 0.5) is 0 Å². The van der Waals surface area contributed by atoms with E-state index < -0.39 is 9.84 Å². The standard InChI is InChI=1S/C9H18N2O2S/c1-14(12,13)5-4-11-6-8-2-3-10-9(8)7-11/h8-10H,2-7H2,1H3. The summed E-state index contributed by atoms with van der Waals surface area (Å²) in [5.74, 6) is 1.06. The summed E-state index contributed by atoms with van der Waals surface area (Å²) in [6.07, 6.45) is 2.56. The lowest BCUT2D eigenvalue weighted by Crippen LogP contribution is -2.32. The van der Waals surface area contributed by atoms with Crippen LogP contribution in [0.3, 0.4) is 0 Å². The Morgan fingerprint density at radius 2 is 2.21 bits per heavy atom. The zero-order valence-corrected chi connectivity index (χ0v) is 9.39. The Bertz CT molecular complexity index is 290. The lowest BCUT2D eigenvalue weighted by atomic mass is 10.1. The molecule has 0 aromatic heterocycles. The third-order valence-electron chi connectivity index (χ3n) is 3.22. The maximum Gasteiger partial charge on any atom is 0.148 e. The van der Waals surface area contributed by atoms with E-state index in [-0.39, 0.29) is 0 Å².